The highest BCUT2D eigenvalue weighted by atomic mass is 16.5. The van der Waals surface area contributed by atoms with Gasteiger partial charge in [-0.25, -0.2) is 0 Å². The van der Waals surface area contributed by atoms with Crippen LogP contribution in [0, 0.1) is 5.92 Å². The van der Waals surface area contributed by atoms with Gasteiger partial charge in [0.2, 0.25) is 11.8 Å². The smallest absolute Gasteiger partial charge is 0.243 e. The summed E-state index contributed by atoms with van der Waals surface area (Å²) in [5, 5.41) is 5.28. The number of hydrogen-bond acceptors (Lipinski definition) is 4. The predicted octanol–water partition coefficient (Wildman–Crippen LogP) is 1.65. The summed E-state index contributed by atoms with van der Waals surface area (Å²) in [5.74, 6) is -0.596. The van der Waals surface area contributed by atoms with E-state index in [2.05, 4.69) is 10.6 Å². The lowest BCUT2D eigenvalue weighted by atomic mass is 10.1. The van der Waals surface area contributed by atoms with E-state index >= 15 is 0 Å². The molecular weight excluding hydrogens is 294 g/mol. The summed E-state index contributed by atoms with van der Waals surface area (Å²) in [6.07, 6.45) is 0.147. The highest BCUT2D eigenvalue weighted by Crippen LogP contribution is 2.12. The van der Waals surface area contributed by atoms with Crippen molar-refractivity contribution in [3.05, 3.63) is 29.8 Å². The van der Waals surface area contributed by atoms with E-state index in [9.17, 15) is 9.59 Å². The third-order valence-electron chi connectivity index (χ3n) is 3.24. The normalized spacial score (nSPS) is 12.3. The SMILES string of the molecule is CC(C)OCc1cccc(NC(=O)CNC(=O)[C@@H](N)C(C)C)c1. The van der Waals surface area contributed by atoms with Crippen LogP contribution in [0.15, 0.2) is 24.3 Å². The van der Waals surface area contributed by atoms with Crippen LogP contribution in [0.25, 0.3) is 0 Å². The molecule has 0 spiro atoms. The zero-order valence-corrected chi connectivity index (χ0v) is 14.3. The van der Waals surface area contributed by atoms with Crippen molar-refractivity contribution < 1.29 is 14.3 Å². The molecule has 6 nitrogen and oxygen atoms in total. The molecule has 6 heteroatoms. The molecule has 0 unspecified atom stereocenters. The Kier molecular flexibility index (Phi) is 7.71. The van der Waals surface area contributed by atoms with E-state index in [0.29, 0.717) is 12.3 Å². The van der Waals surface area contributed by atoms with Crippen LogP contribution in [0.5, 0.6) is 0 Å². The molecule has 0 heterocycles. The van der Waals surface area contributed by atoms with Crippen molar-refractivity contribution >= 4 is 17.5 Å². The van der Waals surface area contributed by atoms with Gasteiger partial charge in [-0.15, -0.1) is 0 Å². The van der Waals surface area contributed by atoms with E-state index in [4.69, 9.17) is 10.5 Å². The van der Waals surface area contributed by atoms with Crippen LogP contribution in [-0.2, 0) is 20.9 Å². The zero-order valence-electron chi connectivity index (χ0n) is 14.3. The highest BCUT2D eigenvalue weighted by Gasteiger charge is 2.17. The Morgan fingerprint density at radius 3 is 2.52 bits per heavy atom. The molecule has 0 saturated heterocycles. The lowest BCUT2D eigenvalue weighted by Gasteiger charge is -2.15. The van der Waals surface area contributed by atoms with Crippen molar-refractivity contribution in [1.82, 2.24) is 5.32 Å². The molecule has 0 saturated carbocycles. The zero-order chi connectivity index (χ0) is 17.4. The number of hydrogen-bond donors (Lipinski definition) is 3. The van der Waals surface area contributed by atoms with Gasteiger partial charge < -0.3 is 21.1 Å². The van der Waals surface area contributed by atoms with Crippen LogP contribution in [0.3, 0.4) is 0 Å². The van der Waals surface area contributed by atoms with E-state index in [0.717, 1.165) is 5.56 Å². The highest BCUT2D eigenvalue weighted by molar-refractivity contribution is 5.95. The molecule has 0 aromatic heterocycles. The van der Waals surface area contributed by atoms with E-state index in [1.807, 2.05) is 45.9 Å². The molecule has 0 bridgehead atoms. The number of ether oxygens (including phenoxy) is 1. The fraction of sp³-hybridized carbons (Fsp3) is 0.529. The topological polar surface area (TPSA) is 93.5 Å². The van der Waals surface area contributed by atoms with Gasteiger partial charge in [0.25, 0.3) is 0 Å². The van der Waals surface area contributed by atoms with Gasteiger partial charge in [-0.05, 0) is 37.5 Å². The Hall–Kier alpha value is -1.92. The third-order valence-corrected chi connectivity index (χ3v) is 3.24. The van der Waals surface area contributed by atoms with Crippen LogP contribution in [0.4, 0.5) is 5.69 Å². The molecule has 1 aromatic carbocycles. The molecule has 4 N–H and O–H groups in total. The maximum Gasteiger partial charge on any atom is 0.243 e. The molecule has 1 rings (SSSR count). The average Bonchev–Trinajstić information content (AvgIpc) is 2.50. The number of anilines is 1. The number of carbonyl (C=O) groups excluding carboxylic acids is 2. The summed E-state index contributed by atoms with van der Waals surface area (Å²) in [5.41, 5.74) is 7.36. The van der Waals surface area contributed by atoms with Crippen LogP contribution >= 0.6 is 0 Å². The summed E-state index contributed by atoms with van der Waals surface area (Å²) in [4.78, 5) is 23.6. The quantitative estimate of drug-likeness (QED) is 0.678. The van der Waals surface area contributed by atoms with E-state index in [-0.39, 0.29) is 30.4 Å². The van der Waals surface area contributed by atoms with Crippen LogP contribution < -0.4 is 16.4 Å². The second kappa shape index (κ2) is 9.27. The Balaban J connectivity index is 2.48. The van der Waals surface area contributed by atoms with Gasteiger partial charge in [-0.2, -0.15) is 0 Å². The Labute approximate surface area is 137 Å². The minimum absolute atomic E-state index is 0.0238. The maximum atomic E-state index is 11.9. The molecular formula is C17H27N3O3. The molecule has 2 amide bonds. The number of rotatable bonds is 8. The van der Waals surface area contributed by atoms with Crippen LogP contribution in [-0.4, -0.2) is 30.5 Å². The lowest BCUT2D eigenvalue weighted by molar-refractivity contribution is -0.125. The van der Waals surface area contributed by atoms with Gasteiger partial charge >= 0.3 is 0 Å². The number of benzene rings is 1. The molecule has 0 aliphatic heterocycles. The van der Waals surface area contributed by atoms with Gasteiger partial charge in [0.1, 0.15) is 0 Å². The van der Waals surface area contributed by atoms with Gasteiger partial charge in [0.15, 0.2) is 0 Å². The van der Waals surface area contributed by atoms with Crippen molar-refractivity contribution in [2.24, 2.45) is 11.7 Å². The molecule has 1 atom stereocenters. The minimum Gasteiger partial charge on any atom is -0.374 e. The molecule has 128 valence electrons. The first-order valence-electron chi connectivity index (χ1n) is 7.83. The first kappa shape index (κ1) is 19.1. The van der Waals surface area contributed by atoms with Crippen LogP contribution in [0.1, 0.15) is 33.3 Å². The number of amides is 2. The summed E-state index contributed by atoms with van der Waals surface area (Å²) in [6, 6.07) is 6.81. The third kappa shape index (κ3) is 7.25. The van der Waals surface area contributed by atoms with Gasteiger partial charge in [0.05, 0.1) is 25.3 Å². The van der Waals surface area contributed by atoms with Gasteiger partial charge in [-0.1, -0.05) is 26.0 Å². The van der Waals surface area contributed by atoms with E-state index < -0.39 is 6.04 Å². The average molecular weight is 321 g/mol. The minimum atomic E-state index is -0.612. The van der Waals surface area contributed by atoms with Crippen molar-refractivity contribution in [2.45, 2.75) is 46.4 Å². The van der Waals surface area contributed by atoms with Crippen molar-refractivity contribution in [3.8, 4) is 0 Å². The molecule has 23 heavy (non-hydrogen) atoms. The summed E-state index contributed by atoms with van der Waals surface area (Å²) in [7, 11) is 0. The van der Waals surface area contributed by atoms with Crippen molar-refractivity contribution in [2.75, 3.05) is 11.9 Å². The van der Waals surface area contributed by atoms with Crippen molar-refractivity contribution in [3.63, 3.8) is 0 Å². The molecule has 0 aliphatic rings. The standard InChI is InChI=1S/C17H27N3O3/c1-11(2)16(18)17(22)19-9-15(21)20-14-7-5-6-13(8-14)10-23-12(3)4/h5-8,11-12,16H,9-10,18H2,1-4H3,(H,19,22)(H,20,21)/t16-/m0/s1. The van der Waals surface area contributed by atoms with Gasteiger partial charge in [0, 0.05) is 5.69 Å². The molecule has 0 aliphatic carbocycles. The lowest BCUT2D eigenvalue weighted by Crippen LogP contribution is -2.46. The Morgan fingerprint density at radius 1 is 1.22 bits per heavy atom. The van der Waals surface area contributed by atoms with Crippen LogP contribution in [0.2, 0.25) is 0 Å². The van der Waals surface area contributed by atoms with Crippen molar-refractivity contribution in [1.29, 1.82) is 0 Å². The molecule has 1 aromatic rings. The first-order chi connectivity index (χ1) is 10.8. The summed E-state index contributed by atoms with van der Waals surface area (Å²) >= 11 is 0. The number of carbonyl (C=O) groups is 2. The summed E-state index contributed by atoms with van der Waals surface area (Å²) in [6.45, 7) is 8.03. The fourth-order valence-corrected chi connectivity index (χ4v) is 1.79. The Morgan fingerprint density at radius 2 is 1.91 bits per heavy atom. The Bertz CT molecular complexity index is 530. The molecule has 0 fully saturated rings. The second-order valence-electron chi connectivity index (χ2n) is 6.10. The first-order valence-corrected chi connectivity index (χ1v) is 7.83. The number of nitrogens with two attached hydrogens (primary N) is 1. The monoisotopic (exact) mass is 321 g/mol. The molecule has 0 radical (unpaired) electrons. The second-order valence-corrected chi connectivity index (χ2v) is 6.10. The predicted molar refractivity (Wildman–Crippen MR) is 90.8 cm³/mol. The largest absolute Gasteiger partial charge is 0.374 e. The fourth-order valence-electron chi connectivity index (χ4n) is 1.79. The summed E-state index contributed by atoms with van der Waals surface area (Å²) < 4.78 is 5.53. The number of nitrogens with one attached hydrogen (secondary N) is 2. The van der Waals surface area contributed by atoms with Gasteiger partial charge in [-0.3, -0.25) is 9.59 Å². The van der Waals surface area contributed by atoms with E-state index in [1.54, 1.807) is 6.07 Å². The maximum absolute atomic E-state index is 11.9. The van der Waals surface area contributed by atoms with E-state index in [1.165, 1.54) is 0 Å².